The minimum absolute atomic E-state index is 0.640. The van der Waals surface area contributed by atoms with Gasteiger partial charge in [-0.3, -0.25) is 0 Å². The summed E-state index contributed by atoms with van der Waals surface area (Å²) in [5, 5.41) is 8.37. The van der Waals surface area contributed by atoms with Crippen LogP contribution in [0.3, 0.4) is 0 Å². The Morgan fingerprint density at radius 3 is 2.11 bits per heavy atom. The summed E-state index contributed by atoms with van der Waals surface area (Å²) in [6.45, 7) is 4.64. The second-order valence-corrected chi connectivity index (χ2v) is 4.56. The maximum Gasteiger partial charge on any atom is 0.0624 e. The van der Waals surface area contributed by atoms with Crippen LogP contribution in [-0.2, 0) is 6.54 Å². The van der Waals surface area contributed by atoms with Crippen molar-refractivity contribution in [3.05, 3.63) is 35.9 Å². The molecule has 1 aromatic carbocycles. The van der Waals surface area contributed by atoms with Gasteiger partial charge >= 0.3 is 0 Å². The lowest BCUT2D eigenvalue weighted by Crippen LogP contribution is -2.04. The van der Waals surface area contributed by atoms with Crippen molar-refractivity contribution in [2.24, 2.45) is 11.7 Å². The summed E-state index contributed by atoms with van der Waals surface area (Å²) < 4.78 is 0. The van der Waals surface area contributed by atoms with Crippen LogP contribution in [0.5, 0.6) is 0 Å². The molecule has 0 bridgehead atoms. The van der Waals surface area contributed by atoms with Crippen LogP contribution < -0.4 is 5.73 Å². The summed E-state index contributed by atoms with van der Waals surface area (Å²) in [5.41, 5.74) is 6.54. The molecule has 0 amide bonds. The summed E-state index contributed by atoms with van der Waals surface area (Å²) >= 11 is 0. The van der Waals surface area contributed by atoms with Gasteiger partial charge in [0.1, 0.15) is 0 Å². The fourth-order valence-electron chi connectivity index (χ4n) is 2.13. The molecule has 2 nitrogen and oxygen atoms in total. The van der Waals surface area contributed by atoms with Crippen LogP contribution in [0, 0.1) is 17.2 Å². The standard InChI is InChI=1S/C8H13N.C7H9N.C2H6/c9-7-6-8-4-2-1-3-5-8;8-6-7-4-2-1-3-5-7;1-2/h8H,1-6H2;1-5H,6,8H2;1-2H3. The van der Waals surface area contributed by atoms with Crippen molar-refractivity contribution in [3.8, 4) is 6.07 Å². The highest BCUT2D eigenvalue weighted by molar-refractivity contribution is 5.13. The smallest absolute Gasteiger partial charge is 0.0624 e. The number of rotatable bonds is 2. The van der Waals surface area contributed by atoms with Crippen molar-refractivity contribution in [2.45, 2.75) is 58.9 Å². The first kappa shape index (κ1) is 17.7. The third kappa shape index (κ3) is 9.27. The monoisotopic (exact) mass is 260 g/mol. The van der Waals surface area contributed by atoms with Crippen molar-refractivity contribution in [1.82, 2.24) is 0 Å². The van der Waals surface area contributed by atoms with Gasteiger partial charge in [-0.25, -0.2) is 0 Å². The molecule has 2 N–H and O–H groups in total. The highest BCUT2D eigenvalue weighted by atomic mass is 14.5. The average Bonchev–Trinajstić information content (AvgIpc) is 2.52. The fourth-order valence-corrected chi connectivity index (χ4v) is 2.13. The summed E-state index contributed by atoms with van der Waals surface area (Å²) in [7, 11) is 0. The van der Waals surface area contributed by atoms with Gasteiger partial charge in [0.25, 0.3) is 0 Å². The van der Waals surface area contributed by atoms with E-state index in [1.165, 1.54) is 37.7 Å². The van der Waals surface area contributed by atoms with Gasteiger partial charge in [0.05, 0.1) is 6.07 Å². The minimum Gasteiger partial charge on any atom is -0.326 e. The molecule has 0 atom stereocenters. The molecule has 19 heavy (non-hydrogen) atoms. The largest absolute Gasteiger partial charge is 0.326 e. The topological polar surface area (TPSA) is 49.8 Å². The van der Waals surface area contributed by atoms with Crippen molar-refractivity contribution in [1.29, 1.82) is 5.26 Å². The highest BCUT2D eigenvalue weighted by Gasteiger charge is 2.11. The molecule has 0 spiro atoms. The summed E-state index contributed by atoms with van der Waals surface area (Å²) in [6.07, 6.45) is 7.49. The molecule has 0 heterocycles. The van der Waals surface area contributed by atoms with Gasteiger partial charge in [-0.1, -0.05) is 63.4 Å². The van der Waals surface area contributed by atoms with Crippen molar-refractivity contribution >= 4 is 0 Å². The molecule has 1 aliphatic rings. The minimum atomic E-state index is 0.640. The first-order valence-electron chi connectivity index (χ1n) is 7.47. The zero-order valence-corrected chi connectivity index (χ0v) is 12.4. The molecule has 1 aliphatic carbocycles. The van der Waals surface area contributed by atoms with Gasteiger partial charge in [0, 0.05) is 13.0 Å². The molecular weight excluding hydrogens is 232 g/mol. The summed E-state index contributed by atoms with van der Waals surface area (Å²) in [4.78, 5) is 0. The molecule has 2 heteroatoms. The molecule has 0 saturated heterocycles. The zero-order valence-electron chi connectivity index (χ0n) is 12.4. The molecular formula is C17H28N2. The van der Waals surface area contributed by atoms with Gasteiger partial charge in [0.2, 0.25) is 0 Å². The van der Waals surface area contributed by atoms with Crippen molar-refractivity contribution in [2.75, 3.05) is 0 Å². The molecule has 2 rings (SSSR count). The lowest BCUT2D eigenvalue weighted by atomic mass is 9.87. The van der Waals surface area contributed by atoms with E-state index in [2.05, 4.69) is 6.07 Å². The van der Waals surface area contributed by atoms with Crippen LogP contribution >= 0.6 is 0 Å². The van der Waals surface area contributed by atoms with Gasteiger partial charge in [-0.15, -0.1) is 0 Å². The van der Waals surface area contributed by atoms with Gasteiger partial charge in [0.15, 0.2) is 0 Å². The van der Waals surface area contributed by atoms with E-state index >= 15 is 0 Å². The van der Waals surface area contributed by atoms with Crippen molar-refractivity contribution in [3.63, 3.8) is 0 Å². The average molecular weight is 260 g/mol. The SMILES string of the molecule is CC.N#CCC1CCCCC1.NCc1ccccc1. The number of nitrogens with two attached hydrogens (primary N) is 1. The van der Waals surface area contributed by atoms with Crippen LogP contribution in [-0.4, -0.2) is 0 Å². The van der Waals surface area contributed by atoms with Gasteiger partial charge in [-0.05, 0) is 24.3 Å². The quantitative estimate of drug-likeness (QED) is 0.841. The number of hydrogen-bond donors (Lipinski definition) is 1. The van der Waals surface area contributed by atoms with Crippen LogP contribution in [0.25, 0.3) is 0 Å². The van der Waals surface area contributed by atoms with E-state index < -0.39 is 0 Å². The normalized spacial score (nSPS) is 14.2. The second kappa shape index (κ2) is 13.1. The molecule has 0 aromatic heterocycles. The summed E-state index contributed by atoms with van der Waals surface area (Å²) in [5.74, 6) is 0.740. The molecule has 0 unspecified atom stereocenters. The lowest BCUT2D eigenvalue weighted by molar-refractivity contribution is 0.364. The Kier molecular flexibility index (Phi) is 12.2. The molecule has 1 aromatic rings. The zero-order chi connectivity index (χ0) is 14.3. The van der Waals surface area contributed by atoms with E-state index in [4.69, 9.17) is 11.0 Å². The van der Waals surface area contributed by atoms with Crippen LogP contribution in [0.4, 0.5) is 0 Å². The predicted molar refractivity (Wildman–Crippen MR) is 82.5 cm³/mol. The first-order chi connectivity index (χ1) is 9.36. The Bertz CT molecular complexity index is 321. The third-order valence-corrected chi connectivity index (χ3v) is 3.18. The molecule has 1 saturated carbocycles. The van der Waals surface area contributed by atoms with Crippen molar-refractivity contribution < 1.29 is 0 Å². The summed E-state index contributed by atoms with van der Waals surface area (Å²) in [6, 6.07) is 12.2. The van der Waals surface area contributed by atoms with Gasteiger partial charge in [-0.2, -0.15) is 5.26 Å². The van der Waals surface area contributed by atoms with E-state index in [-0.39, 0.29) is 0 Å². The molecule has 0 aliphatic heterocycles. The fraction of sp³-hybridized carbons (Fsp3) is 0.588. The molecule has 1 fully saturated rings. The van der Waals surface area contributed by atoms with Crippen LogP contribution in [0.2, 0.25) is 0 Å². The first-order valence-corrected chi connectivity index (χ1v) is 7.47. The third-order valence-electron chi connectivity index (χ3n) is 3.18. The van der Waals surface area contributed by atoms with Crippen LogP contribution in [0.15, 0.2) is 30.3 Å². The van der Waals surface area contributed by atoms with E-state index in [1.54, 1.807) is 0 Å². The Morgan fingerprint density at radius 1 is 1.11 bits per heavy atom. The maximum atomic E-state index is 8.37. The number of nitriles is 1. The van der Waals surface area contributed by atoms with E-state index in [0.29, 0.717) is 6.54 Å². The van der Waals surface area contributed by atoms with E-state index in [1.807, 2.05) is 44.2 Å². The predicted octanol–water partition coefficient (Wildman–Crippen LogP) is 4.65. The lowest BCUT2D eigenvalue weighted by Gasteiger charge is -2.17. The Labute approximate surface area is 118 Å². The Morgan fingerprint density at radius 2 is 1.68 bits per heavy atom. The Hall–Kier alpha value is -1.33. The number of nitrogens with zero attached hydrogens (tertiary/aromatic N) is 1. The maximum absolute atomic E-state index is 8.37. The van der Waals surface area contributed by atoms with Gasteiger partial charge < -0.3 is 5.73 Å². The van der Waals surface area contributed by atoms with E-state index in [9.17, 15) is 0 Å². The number of benzene rings is 1. The molecule has 0 radical (unpaired) electrons. The second-order valence-electron chi connectivity index (χ2n) is 4.56. The highest BCUT2D eigenvalue weighted by Crippen LogP contribution is 2.25. The van der Waals surface area contributed by atoms with Crippen LogP contribution in [0.1, 0.15) is 57.9 Å². The van der Waals surface area contributed by atoms with E-state index in [0.717, 1.165) is 12.3 Å². The number of hydrogen-bond acceptors (Lipinski definition) is 2. The molecule has 106 valence electrons. The Balaban J connectivity index is 0.000000303.